The maximum absolute atomic E-state index is 5.74. The average molecular weight is 574 g/mol. The molecular formula is C33H39N3O6. The molecule has 0 N–H and O–H groups in total. The predicted octanol–water partition coefficient (Wildman–Crippen LogP) is 5.69. The van der Waals surface area contributed by atoms with Crippen LogP contribution in [0, 0.1) is 5.92 Å². The van der Waals surface area contributed by atoms with E-state index < -0.39 is 0 Å². The number of methoxy groups -OCH3 is 6. The quantitative estimate of drug-likeness (QED) is 0.306. The van der Waals surface area contributed by atoms with Crippen LogP contribution < -0.4 is 33.4 Å². The predicted molar refractivity (Wildman–Crippen MR) is 165 cm³/mol. The van der Waals surface area contributed by atoms with Crippen LogP contribution >= 0.6 is 0 Å². The van der Waals surface area contributed by atoms with Crippen molar-refractivity contribution in [3.8, 4) is 34.5 Å². The lowest BCUT2D eigenvalue weighted by Crippen LogP contribution is -2.43. The van der Waals surface area contributed by atoms with E-state index in [2.05, 4.69) is 35.0 Å². The second kappa shape index (κ2) is 12.7. The molecule has 222 valence electrons. The van der Waals surface area contributed by atoms with E-state index in [-0.39, 0.29) is 12.0 Å². The van der Waals surface area contributed by atoms with Gasteiger partial charge in [-0.05, 0) is 65.7 Å². The summed E-state index contributed by atoms with van der Waals surface area (Å²) in [5, 5.41) is 7.44. The first-order valence-corrected chi connectivity index (χ1v) is 14.0. The van der Waals surface area contributed by atoms with E-state index in [1.165, 1.54) is 0 Å². The van der Waals surface area contributed by atoms with E-state index in [4.69, 9.17) is 33.5 Å². The molecule has 9 heteroatoms. The third kappa shape index (κ3) is 5.32. The molecule has 0 bridgehead atoms. The average Bonchev–Trinajstić information content (AvgIpc) is 3.43. The van der Waals surface area contributed by atoms with Crippen LogP contribution in [0.1, 0.15) is 24.1 Å². The second-order valence-electron chi connectivity index (χ2n) is 10.1. The molecule has 5 rings (SSSR count). The van der Waals surface area contributed by atoms with Crippen molar-refractivity contribution in [2.75, 3.05) is 67.3 Å². The molecule has 0 radical (unpaired) electrons. The van der Waals surface area contributed by atoms with Crippen LogP contribution in [0.4, 0.5) is 5.69 Å². The first kappa shape index (κ1) is 29.1. The monoisotopic (exact) mass is 573 g/mol. The number of hydrazone groups is 1. The molecule has 9 nitrogen and oxygen atoms in total. The zero-order valence-corrected chi connectivity index (χ0v) is 25.3. The van der Waals surface area contributed by atoms with Gasteiger partial charge in [-0.25, -0.2) is 0 Å². The standard InChI is InChI=1S/C33H39N3O6/c1-8-35-19-23(14-21-15-26(37-2)32(41-6)27(16-21)38-3)30-25(20-35)31(36(34-30)24-12-10-9-11-13-24)22-17-28(39-4)33(42-7)29(18-22)40-5/h9-18,25,31H,8,19-20H2,1-7H3. The van der Waals surface area contributed by atoms with Crippen molar-refractivity contribution >= 4 is 17.5 Å². The maximum atomic E-state index is 5.74. The SMILES string of the molecule is CCN1CC(=Cc2cc(OC)c(OC)c(OC)c2)C2=NN(c3ccccc3)C(c3cc(OC)c(OC)c(OC)c3)C2C1. The number of ether oxygens (including phenoxy) is 6. The van der Waals surface area contributed by atoms with Crippen molar-refractivity contribution in [3.05, 3.63) is 71.3 Å². The Morgan fingerprint density at radius 2 is 1.31 bits per heavy atom. The summed E-state index contributed by atoms with van der Waals surface area (Å²) in [5.74, 6) is 3.66. The Kier molecular flexibility index (Phi) is 8.77. The fraction of sp³-hybridized carbons (Fsp3) is 0.364. The molecule has 2 unspecified atom stereocenters. The third-order valence-corrected chi connectivity index (χ3v) is 7.91. The number of hydrogen-bond donors (Lipinski definition) is 0. The molecule has 2 aliphatic heterocycles. The lowest BCUT2D eigenvalue weighted by atomic mass is 9.82. The molecule has 1 saturated heterocycles. The molecule has 1 fully saturated rings. The van der Waals surface area contributed by atoms with Crippen LogP contribution in [0.3, 0.4) is 0 Å². The number of likely N-dealkylation sites (N-methyl/N-ethyl adjacent to an activating group) is 1. The molecule has 3 aromatic rings. The highest BCUT2D eigenvalue weighted by Crippen LogP contribution is 2.48. The molecule has 2 heterocycles. The Morgan fingerprint density at radius 1 is 0.762 bits per heavy atom. The van der Waals surface area contributed by atoms with E-state index in [1.807, 2.05) is 42.5 Å². The van der Waals surface area contributed by atoms with E-state index in [0.29, 0.717) is 34.5 Å². The Hall–Kier alpha value is -4.37. The van der Waals surface area contributed by atoms with Gasteiger partial charge in [0, 0.05) is 19.0 Å². The molecule has 0 aromatic heterocycles. The van der Waals surface area contributed by atoms with Gasteiger partial charge in [0.1, 0.15) is 0 Å². The second-order valence-corrected chi connectivity index (χ2v) is 10.1. The number of nitrogens with zero attached hydrogens (tertiary/aromatic N) is 3. The van der Waals surface area contributed by atoms with Gasteiger partial charge in [-0.1, -0.05) is 25.1 Å². The van der Waals surface area contributed by atoms with Crippen LogP contribution in [0.5, 0.6) is 34.5 Å². The van der Waals surface area contributed by atoms with Crippen molar-refractivity contribution in [1.82, 2.24) is 4.90 Å². The Balaban J connectivity index is 1.67. The molecular weight excluding hydrogens is 534 g/mol. The lowest BCUT2D eigenvalue weighted by Gasteiger charge is -2.36. The minimum Gasteiger partial charge on any atom is -0.493 e. The van der Waals surface area contributed by atoms with Gasteiger partial charge in [0.05, 0.1) is 60.1 Å². The van der Waals surface area contributed by atoms with Crippen LogP contribution in [0.2, 0.25) is 0 Å². The zero-order chi connectivity index (χ0) is 29.8. The first-order chi connectivity index (χ1) is 20.5. The smallest absolute Gasteiger partial charge is 0.203 e. The zero-order valence-electron chi connectivity index (χ0n) is 25.3. The number of likely N-dealkylation sites (tertiary alicyclic amines) is 1. The summed E-state index contributed by atoms with van der Waals surface area (Å²) < 4.78 is 33.9. The Morgan fingerprint density at radius 3 is 1.81 bits per heavy atom. The largest absolute Gasteiger partial charge is 0.493 e. The lowest BCUT2D eigenvalue weighted by molar-refractivity contribution is 0.264. The number of benzene rings is 3. The van der Waals surface area contributed by atoms with Gasteiger partial charge in [-0.3, -0.25) is 9.91 Å². The molecule has 3 aromatic carbocycles. The van der Waals surface area contributed by atoms with Gasteiger partial charge in [0.25, 0.3) is 0 Å². The minimum atomic E-state index is -0.103. The van der Waals surface area contributed by atoms with E-state index >= 15 is 0 Å². The number of hydrogen-bond acceptors (Lipinski definition) is 9. The molecule has 0 saturated carbocycles. The number of fused-ring (bicyclic) bond motifs is 1. The highest BCUT2D eigenvalue weighted by molar-refractivity contribution is 6.09. The normalized spacial score (nSPS) is 19.3. The number of rotatable bonds is 10. The van der Waals surface area contributed by atoms with Gasteiger partial charge in [-0.15, -0.1) is 0 Å². The fourth-order valence-corrected chi connectivity index (χ4v) is 5.92. The first-order valence-electron chi connectivity index (χ1n) is 14.0. The van der Waals surface area contributed by atoms with Crippen molar-refractivity contribution in [3.63, 3.8) is 0 Å². The summed E-state index contributed by atoms with van der Waals surface area (Å²) in [7, 11) is 9.77. The van der Waals surface area contributed by atoms with Gasteiger partial charge in [0.15, 0.2) is 23.0 Å². The Bertz CT molecular complexity index is 1420. The number of para-hydroxylation sites is 1. The fourth-order valence-electron chi connectivity index (χ4n) is 5.92. The van der Waals surface area contributed by atoms with Gasteiger partial charge in [-0.2, -0.15) is 5.10 Å². The van der Waals surface area contributed by atoms with Crippen molar-refractivity contribution in [2.24, 2.45) is 11.0 Å². The van der Waals surface area contributed by atoms with Crippen molar-refractivity contribution in [1.29, 1.82) is 0 Å². The molecule has 2 aliphatic rings. The van der Waals surface area contributed by atoms with Crippen LogP contribution in [-0.2, 0) is 0 Å². The summed E-state index contributed by atoms with van der Waals surface area (Å²) in [6, 6.07) is 18.2. The summed E-state index contributed by atoms with van der Waals surface area (Å²) >= 11 is 0. The number of anilines is 1. The van der Waals surface area contributed by atoms with Crippen molar-refractivity contribution in [2.45, 2.75) is 13.0 Å². The Labute approximate surface area is 247 Å². The molecule has 0 aliphatic carbocycles. The van der Waals surface area contributed by atoms with Crippen molar-refractivity contribution < 1.29 is 28.4 Å². The van der Waals surface area contributed by atoms with Crippen LogP contribution in [-0.4, -0.2) is 72.9 Å². The van der Waals surface area contributed by atoms with Crippen LogP contribution in [0.25, 0.3) is 6.08 Å². The highest BCUT2D eigenvalue weighted by Gasteiger charge is 2.44. The molecule has 42 heavy (non-hydrogen) atoms. The third-order valence-electron chi connectivity index (χ3n) is 7.91. The van der Waals surface area contributed by atoms with Gasteiger partial charge in [0.2, 0.25) is 11.5 Å². The van der Waals surface area contributed by atoms with Gasteiger partial charge < -0.3 is 28.4 Å². The maximum Gasteiger partial charge on any atom is 0.203 e. The molecule has 0 spiro atoms. The number of piperidine rings is 1. The molecule has 0 amide bonds. The minimum absolute atomic E-state index is 0.0787. The van der Waals surface area contributed by atoms with E-state index in [1.54, 1.807) is 42.7 Å². The van der Waals surface area contributed by atoms with E-state index in [0.717, 1.165) is 47.7 Å². The highest BCUT2D eigenvalue weighted by atomic mass is 16.5. The summed E-state index contributed by atoms with van der Waals surface area (Å²) in [6.45, 7) is 4.72. The summed E-state index contributed by atoms with van der Waals surface area (Å²) in [6.07, 6.45) is 2.18. The molecule has 2 atom stereocenters. The topological polar surface area (TPSA) is 74.2 Å². The van der Waals surface area contributed by atoms with E-state index in [9.17, 15) is 0 Å². The van der Waals surface area contributed by atoms with Crippen LogP contribution in [0.15, 0.2) is 65.3 Å². The summed E-state index contributed by atoms with van der Waals surface area (Å²) in [5.41, 5.74) is 5.17. The van der Waals surface area contributed by atoms with Gasteiger partial charge >= 0.3 is 0 Å². The summed E-state index contributed by atoms with van der Waals surface area (Å²) in [4.78, 5) is 2.45.